The molecule has 21 heavy (non-hydrogen) atoms. The maximum atomic E-state index is 12.4. The van der Waals surface area contributed by atoms with Crippen LogP contribution in [0.5, 0.6) is 0 Å². The Morgan fingerprint density at radius 1 is 1.14 bits per heavy atom. The highest BCUT2D eigenvalue weighted by Gasteiger charge is 2.22. The van der Waals surface area contributed by atoms with Crippen molar-refractivity contribution in [3.8, 4) is 0 Å². The molecule has 1 aromatic carbocycles. The number of nitrogens with one attached hydrogen (secondary N) is 1. The maximum absolute atomic E-state index is 12.4. The predicted molar refractivity (Wildman–Crippen MR) is 86.7 cm³/mol. The van der Waals surface area contributed by atoms with Gasteiger partial charge in [0.2, 0.25) is 0 Å². The summed E-state index contributed by atoms with van der Waals surface area (Å²) in [6.07, 6.45) is 10.1. The summed E-state index contributed by atoms with van der Waals surface area (Å²) >= 11 is 0. The fourth-order valence-corrected chi connectivity index (χ4v) is 3.70. The smallest absolute Gasteiger partial charge is 0.321 e. The van der Waals surface area contributed by atoms with Crippen molar-refractivity contribution in [2.24, 2.45) is 5.92 Å². The van der Waals surface area contributed by atoms with Gasteiger partial charge in [-0.1, -0.05) is 50.3 Å². The van der Waals surface area contributed by atoms with Crippen LogP contribution in [-0.2, 0) is 6.42 Å². The minimum Gasteiger partial charge on any atom is -0.338 e. The molecule has 3 heteroatoms. The van der Waals surface area contributed by atoms with Gasteiger partial charge < -0.3 is 5.32 Å². The van der Waals surface area contributed by atoms with Gasteiger partial charge in [0.1, 0.15) is 0 Å². The third-order valence-electron chi connectivity index (χ3n) is 4.91. The first-order chi connectivity index (χ1) is 10.3. The molecule has 2 amide bonds. The van der Waals surface area contributed by atoms with E-state index in [0.717, 1.165) is 44.0 Å². The highest BCUT2D eigenvalue weighted by atomic mass is 16.2. The molecule has 0 bridgehead atoms. The summed E-state index contributed by atoms with van der Waals surface area (Å²) in [6, 6.07) is 8.36. The Kier molecular flexibility index (Phi) is 4.79. The molecule has 3 nitrogen and oxygen atoms in total. The Morgan fingerprint density at radius 3 is 2.81 bits per heavy atom. The van der Waals surface area contributed by atoms with Crippen molar-refractivity contribution in [3.05, 3.63) is 29.8 Å². The zero-order valence-corrected chi connectivity index (χ0v) is 12.8. The van der Waals surface area contributed by atoms with Crippen LogP contribution in [0.2, 0.25) is 0 Å². The van der Waals surface area contributed by atoms with Gasteiger partial charge >= 0.3 is 6.03 Å². The van der Waals surface area contributed by atoms with Crippen molar-refractivity contribution in [1.82, 2.24) is 5.32 Å². The van der Waals surface area contributed by atoms with Crippen molar-refractivity contribution in [2.45, 2.75) is 51.4 Å². The van der Waals surface area contributed by atoms with E-state index in [0.29, 0.717) is 0 Å². The molecule has 3 rings (SSSR count). The van der Waals surface area contributed by atoms with E-state index in [1.54, 1.807) is 0 Å². The van der Waals surface area contributed by atoms with Crippen LogP contribution in [0.15, 0.2) is 24.3 Å². The number of aryl methyl sites for hydroxylation is 1. The molecule has 114 valence electrons. The number of amides is 2. The van der Waals surface area contributed by atoms with E-state index in [1.807, 2.05) is 11.0 Å². The minimum atomic E-state index is 0.0814. The summed E-state index contributed by atoms with van der Waals surface area (Å²) in [4.78, 5) is 14.3. The van der Waals surface area contributed by atoms with Gasteiger partial charge in [0.15, 0.2) is 0 Å². The third kappa shape index (κ3) is 3.58. The Hall–Kier alpha value is -1.51. The molecule has 1 aromatic rings. The first-order valence-electron chi connectivity index (χ1n) is 8.48. The molecule has 1 heterocycles. The van der Waals surface area contributed by atoms with Gasteiger partial charge in [-0.25, -0.2) is 4.79 Å². The molecule has 0 unspecified atom stereocenters. The second kappa shape index (κ2) is 6.97. The van der Waals surface area contributed by atoms with E-state index >= 15 is 0 Å². The van der Waals surface area contributed by atoms with Gasteiger partial charge in [-0.15, -0.1) is 0 Å². The van der Waals surface area contributed by atoms with Crippen LogP contribution in [0.25, 0.3) is 0 Å². The van der Waals surface area contributed by atoms with Crippen LogP contribution < -0.4 is 10.2 Å². The number of nitrogens with zero attached hydrogens (tertiary/aromatic N) is 1. The van der Waals surface area contributed by atoms with Gasteiger partial charge in [0, 0.05) is 18.8 Å². The van der Waals surface area contributed by atoms with Crippen molar-refractivity contribution >= 4 is 11.7 Å². The largest absolute Gasteiger partial charge is 0.338 e. The molecule has 0 spiro atoms. The average molecular weight is 286 g/mol. The second-order valence-corrected chi connectivity index (χ2v) is 6.41. The van der Waals surface area contributed by atoms with E-state index in [2.05, 4.69) is 23.5 Å². The molecular formula is C18H26N2O. The fourth-order valence-electron chi connectivity index (χ4n) is 3.70. The van der Waals surface area contributed by atoms with Crippen LogP contribution in [0.4, 0.5) is 10.5 Å². The van der Waals surface area contributed by atoms with Gasteiger partial charge in [-0.2, -0.15) is 0 Å². The van der Waals surface area contributed by atoms with Gasteiger partial charge in [-0.3, -0.25) is 4.90 Å². The van der Waals surface area contributed by atoms with Gasteiger partial charge in [0.25, 0.3) is 0 Å². The minimum absolute atomic E-state index is 0.0814. The van der Waals surface area contributed by atoms with E-state index < -0.39 is 0 Å². The number of urea groups is 1. The zero-order chi connectivity index (χ0) is 14.5. The lowest BCUT2D eigenvalue weighted by atomic mass is 9.87. The van der Waals surface area contributed by atoms with E-state index in [-0.39, 0.29) is 6.03 Å². The highest BCUT2D eigenvalue weighted by Crippen LogP contribution is 2.27. The van der Waals surface area contributed by atoms with Crippen LogP contribution >= 0.6 is 0 Å². The number of fused-ring (bicyclic) bond motifs is 1. The monoisotopic (exact) mass is 286 g/mol. The molecule has 0 radical (unpaired) electrons. The van der Waals surface area contributed by atoms with Crippen molar-refractivity contribution in [2.75, 3.05) is 18.0 Å². The summed E-state index contributed by atoms with van der Waals surface area (Å²) in [5.41, 5.74) is 2.39. The summed E-state index contributed by atoms with van der Waals surface area (Å²) in [5, 5.41) is 3.13. The molecule has 0 aromatic heterocycles. The molecule has 1 N–H and O–H groups in total. The normalized spacial score (nSPS) is 19.1. The van der Waals surface area contributed by atoms with Crippen molar-refractivity contribution in [3.63, 3.8) is 0 Å². The van der Waals surface area contributed by atoms with Crippen LogP contribution in [-0.4, -0.2) is 19.1 Å². The first kappa shape index (κ1) is 14.4. The lowest BCUT2D eigenvalue weighted by Gasteiger charge is -2.30. The SMILES string of the molecule is O=C(NCCC1CCCCC1)N1CCCc2ccccc21. The Bertz CT molecular complexity index is 480. The lowest BCUT2D eigenvalue weighted by Crippen LogP contribution is -2.43. The second-order valence-electron chi connectivity index (χ2n) is 6.41. The lowest BCUT2D eigenvalue weighted by molar-refractivity contribution is 0.243. The number of benzene rings is 1. The summed E-state index contributed by atoms with van der Waals surface area (Å²) < 4.78 is 0. The van der Waals surface area contributed by atoms with Crippen LogP contribution in [0, 0.1) is 5.92 Å². The number of para-hydroxylation sites is 1. The molecule has 0 atom stereocenters. The number of hydrogen-bond acceptors (Lipinski definition) is 1. The van der Waals surface area contributed by atoms with Crippen molar-refractivity contribution < 1.29 is 4.79 Å². The Morgan fingerprint density at radius 2 is 1.95 bits per heavy atom. The summed E-state index contributed by atoms with van der Waals surface area (Å²) in [6.45, 7) is 1.66. The molecule has 1 aliphatic carbocycles. The summed E-state index contributed by atoms with van der Waals surface area (Å²) in [5.74, 6) is 0.827. The molecule has 1 aliphatic heterocycles. The van der Waals surface area contributed by atoms with E-state index in [1.165, 1.54) is 37.7 Å². The maximum Gasteiger partial charge on any atom is 0.321 e. The fraction of sp³-hybridized carbons (Fsp3) is 0.611. The molecule has 2 aliphatic rings. The van der Waals surface area contributed by atoms with Crippen molar-refractivity contribution in [1.29, 1.82) is 0 Å². The quantitative estimate of drug-likeness (QED) is 0.890. The third-order valence-corrected chi connectivity index (χ3v) is 4.91. The number of anilines is 1. The topological polar surface area (TPSA) is 32.3 Å². The Balaban J connectivity index is 1.51. The average Bonchev–Trinajstić information content (AvgIpc) is 2.55. The number of rotatable bonds is 3. The number of carbonyl (C=O) groups is 1. The Labute approximate surface area is 127 Å². The zero-order valence-electron chi connectivity index (χ0n) is 12.8. The van der Waals surface area contributed by atoms with Crippen LogP contribution in [0.1, 0.15) is 50.5 Å². The highest BCUT2D eigenvalue weighted by molar-refractivity contribution is 5.93. The predicted octanol–water partition coefficient (Wildman–Crippen LogP) is 4.12. The molecule has 1 fully saturated rings. The molecule has 0 saturated heterocycles. The standard InChI is InChI=1S/C18H26N2O/c21-18(19-13-12-15-7-2-1-3-8-15)20-14-6-10-16-9-4-5-11-17(16)20/h4-5,9,11,15H,1-3,6-8,10,12-14H2,(H,19,21). The van der Waals surface area contributed by atoms with Crippen LogP contribution in [0.3, 0.4) is 0 Å². The first-order valence-corrected chi connectivity index (χ1v) is 8.48. The van der Waals surface area contributed by atoms with E-state index in [4.69, 9.17) is 0 Å². The molecular weight excluding hydrogens is 260 g/mol. The number of hydrogen-bond donors (Lipinski definition) is 1. The summed E-state index contributed by atoms with van der Waals surface area (Å²) in [7, 11) is 0. The molecule has 1 saturated carbocycles. The van der Waals surface area contributed by atoms with Gasteiger partial charge in [-0.05, 0) is 36.8 Å². The van der Waals surface area contributed by atoms with E-state index in [9.17, 15) is 4.79 Å². The van der Waals surface area contributed by atoms with Gasteiger partial charge in [0.05, 0.1) is 0 Å². The number of carbonyl (C=O) groups excluding carboxylic acids is 1.